The van der Waals surface area contributed by atoms with E-state index in [1.165, 1.54) is 49.6 Å². The minimum Gasteiger partial charge on any atom is -0.339 e. The molecule has 0 spiro atoms. The van der Waals surface area contributed by atoms with E-state index in [1.54, 1.807) is 11.1 Å². The van der Waals surface area contributed by atoms with Crippen LogP contribution < -0.4 is 5.32 Å². The van der Waals surface area contributed by atoms with Crippen LogP contribution in [0.1, 0.15) is 70.9 Å². The molecule has 1 amide bonds. The molecule has 1 unspecified atom stereocenters. The van der Waals surface area contributed by atoms with Gasteiger partial charge < -0.3 is 15.1 Å². The van der Waals surface area contributed by atoms with Crippen molar-refractivity contribution >= 4 is 21.8 Å². The summed E-state index contributed by atoms with van der Waals surface area (Å²) >= 11 is 3.57. The first-order valence-electron chi connectivity index (χ1n) is 12.7. The van der Waals surface area contributed by atoms with Crippen molar-refractivity contribution in [1.29, 1.82) is 0 Å². The Kier molecular flexibility index (Phi) is 8.72. The largest absolute Gasteiger partial charge is 0.339 e. The molecule has 3 heterocycles. The number of carbonyl (C=O) groups excluding carboxylic acids is 1. The Balaban J connectivity index is 0.000000162. The van der Waals surface area contributed by atoms with Crippen molar-refractivity contribution < 1.29 is 4.79 Å². The van der Waals surface area contributed by atoms with Crippen molar-refractivity contribution in [2.24, 2.45) is 0 Å². The molecule has 1 aliphatic carbocycles. The van der Waals surface area contributed by atoms with Crippen LogP contribution in [0.2, 0.25) is 0 Å². The van der Waals surface area contributed by atoms with Crippen molar-refractivity contribution in [3.05, 3.63) is 57.1 Å². The van der Waals surface area contributed by atoms with Gasteiger partial charge in [0.2, 0.25) is 0 Å². The van der Waals surface area contributed by atoms with Gasteiger partial charge in [0.15, 0.2) is 0 Å². The molecular formula is C27H38BrN5O. The Bertz CT molecular complexity index is 971. The van der Waals surface area contributed by atoms with E-state index in [1.807, 2.05) is 18.7 Å². The quantitative estimate of drug-likeness (QED) is 0.636. The fraction of sp³-hybridized carbons (Fsp3) is 0.593. The first-order chi connectivity index (χ1) is 16.4. The Hall–Kier alpha value is -1.83. The van der Waals surface area contributed by atoms with Gasteiger partial charge in [0.05, 0.1) is 17.0 Å². The van der Waals surface area contributed by atoms with Crippen LogP contribution in [0.3, 0.4) is 0 Å². The second kappa shape index (κ2) is 11.7. The first-order valence-corrected chi connectivity index (χ1v) is 13.5. The van der Waals surface area contributed by atoms with Crippen LogP contribution in [0.4, 0.5) is 0 Å². The van der Waals surface area contributed by atoms with Crippen LogP contribution in [-0.4, -0.2) is 71.5 Å². The SMILES string of the molecule is CN1CCN[C@@H](CC2CCc3cc(Br)ccc32)C1.Cc1ncnc(C)c1C(=O)N1CCCCC1. The molecule has 7 heteroatoms. The highest BCUT2D eigenvalue weighted by atomic mass is 79.9. The Morgan fingerprint density at radius 2 is 1.85 bits per heavy atom. The molecule has 5 rings (SSSR count). The predicted octanol–water partition coefficient (Wildman–Crippen LogP) is 4.49. The van der Waals surface area contributed by atoms with Gasteiger partial charge in [-0.1, -0.05) is 22.0 Å². The lowest BCUT2D eigenvalue weighted by Gasteiger charge is -2.32. The van der Waals surface area contributed by atoms with E-state index in [4.69, 9.17) is 0 Å². The van der Waals surface area contributed by atoms with E-state index in [0.717, 1.165) is 49.8 Å². The molecule has 2 atom stereocenters. The Morgan fingerprint density at radius 1 is 1.12 bits per heavy atom. The number of nitrogens with one attached hydrogen (secondary N) is 1. The molecule has 0 saturated carbocycles. The number of likely N-dealkylation sites (N-methyl/N-ethyl adjacent to an activating group) is 1. The summed E-state index contributed by atoms with van der Waals surface area (Å²) in [6.45, 7) is 8.99. The third-order valence-corrected chi connectivity index (χ3v) is 7.91. The number of hydrogen-bond donors (Lipinski definition) is 1. The normalized spacial score (nSPS) is 22.6. The molecule has 0 bridgehead atoms. The molecular weight excluding hydrogens is 490 g/mol. The van der Waals surface area contributed by atoms with Crippen LogP contribution in [0.15, 0.2) is 29.0 Å². The molecule has 2 aromatic rings. The number of halogens is 1. The number of piperidine rings is 1. The van der Waals surface area contributed by atoms with Gasteiger partial charge in [0.25, 0.3) is 5.91 Å². The number of benzene rings is 1. The second-order valence-corrected chi connectivity index (χ2v) is 10.9. The number of rotatable bonds is 3. The zero-order valence-corrected chi connectivity index (χ0v) is 22.4. The molecule has 2 saturated heterocycles. The zero-order valence-electron chi connectivity index (χ0n) is 20.8. The number of hydrogen-bond acceptors (Lipinski definition) is 5. The molecule has 2 fully saturated rings. The summed E-state index contributed by atoms with van der Waals surface area (Å²) in [5.74, 6) is 0.854. The number of likely N-dealkylation sites (tertiary alicyclic amines) is 1. The maximum absolute atomic E-state index is 12.3. The van der Waals surface area contributed by atoms with Crippen molar-refractivity contribution in [2.75, 3.05) is 39.8 Å². The first kappa shape index (κ1) is 25.3. The molecule has 1 aromatic heterocycles. The van der Waals surface area contributed by atoms with E-state index in [2.05, 4.69) is 61.4 Å². The summed E-state index contributed by atoms with van der Waals surface area (Å²) in [7, 11) is 2.23. The van der Waals surface area contributed by atoms with Gasteiger partial charge >= 0.3 is 0 Å². The molecule has 34 heavy (non-hydrogen) atoms. The van der Waals surface area contributed by atoms with Gasteiger partial charge in [-0.2, -0.15) is 0 Å². The van der Waals surface area contributed by atoms with Crippen molar-refractivity contribution in [1.82, 2.24) is 25.1 Å². The average molecular weight is 529 g/mol. The molecule has 1 aromatic carbocycles. The van der Waals surface area contributed by atoms with E-state index >= 15 is 0 Å². The third-order valence-electron chi connectivity index (χ3n) is 7.42. The highest BCUT2D eigenvalue weighted by Crippen LogP contribution is 2.37. The van der Waals surface area contributed by atoms with E-state index in [9.17, 15) is 4.79 Å². The van der Waals surface area contributed by atoms with E-state index in [0.29, 0.717) is 11.6 Å². The number of aryl methyl sites for hydroxylation is 3. The van der Waals surface area contributed by atoms with Crippen LogP contribution >= 0.6 is 15.9 Å². The number of piperazine rings is 1. The van der Waals surface area contributed by atoms with E-state index in [-0.39, 0.29) is 5.91 Å². The minimum absolute atomic E-state index is 0.0929. The monoisotopic (exact) mass is 527 g/mol. The summed E-state index contributed by atoms with van der Waals surface area (Å²) in [4.78, 5) is 24.8. The van der Waals surface area contributed by atoms with Gasteiger partial charge in [-0.15, -0.1) is 0 Å². The summed E-state index contributed by atoms with van der Waals surface area (Å²) in [6, 6.07) is 7.49. The molecule has 6 nitrogen and oxygen atoms in total. The second-order valence-electron chi connectivity index (χ2n) is 10.0. The Morgan fingerprint density at radius 3 is 2.56 bits per heavy atom. The zero-order chi connectivity index (χ0) is 24.1. The van der Waals surface area contributed by atoms with Crippen molar-refractivity contribution in [3.8, 4) is 0 Å². The maximum Gasteiger partial charge on any atom is 0.257 e. The smallest absolute Gasteiger partial charge is 0.257 e. The molecule has 3 aliphatic rings. The van der Waals surface area contributed by atoms with Crippen LogP contribution in [0.5, 0.6) is 0 Å². The number of amides is 1. The fourth-order valence-electron chi connectivity index (χ4n) is 5.57. The molecule has 2 aliphatic heterocycles. The fourth-order valence-corrected chi connectivity index (χ4v) is 5.98. The topological polar surface area (TPSA) is 61.4 Å². The lowest BCUT2D eigenvalue weighted by molar-refractivity contribution is 0.0721. The molecule has 1 N–H and O–H groups in total. The van der Waals surface area contributed by atoms with E-state index < -0.39 is 0 Å². The number of aromatic nitrogens is 2. The minimum atomic E-state index is 0.0929. The van der Waals surface area contributed by atoms with Crippen molar-refractivity contribution in [2.45, 2.75) is 64.3 Å². The van der Waals surface area contributed by atoms with Gasteiger partial charge in [0.1, 0.15) is 6.33 Å². The molecule has 0 radical (unpaired) electrons. The highest BCUT2D eigenvalue weighted by Gasteiger charge is 2.27. The van der Waals surface area contributed by atoms with Crippen molar-refractivity contribution in [3.63, 3.8) is 0 Å². The maximum atomic E-state index is 12.3. The van der Waals surface area contributed by atoms with Crippen LogP contribution in [0, 0.1) is 13.8 Å². The standard InChI is InChI=1S/C15H21BrN2.C12H17N3O/c1-18-7-6-17-14(10-18)9-12-3-2-11-8-13(16)4-5-15(11)12;1-9-11(10(2)14-8-13-9)12(16)15-6-4-3-5-7-15/h4-5,8,12,14,17H,2-3,6-7,9-10H2,1H3;8H,3-7H2,1-2H3/t12?,14-;/m0./s1. The number of fused-ring (bicyclic) bond motifs is 1. The molecule has 184 valence electrons. The Labute approximate surface area is 212 Å². The summed E-state index contributed by atoms with van der Waals surface area (Å²) < 4.78 is 1.22. The third kappa shape index (κ3) is 6.23. The highest BCUT2D eigenvalue weighted by molar-refractivity contribution is 9.10. The lowest BCUT2D eigenvalue weighted by atomic mass is 9.93. The summed E-state index contributed by atoms with van der Waals surface area (Å²) in [6.07, 6.45) is 8.83. The van der Waals surface area contributed by atoms with Crippen LogP contribution in [0.25, 0.3) is 0 Å². The lowest BCUT2D eigenvalue weighted by Crippen LogP contribution is -2.49. The van der Waals surface area contributed by atoms with Gasteiger partial charge in [-0.3, -0.25) is 4.79 Å². The average Bonchev–Trinajstić information content (AvgIpc) is 3.21. The van der Waals surface area contributed by atoms with Crippen LogP contribution in [-0.2, 0) is 6.42 Å². The number of carbonyl (C=O) groups is 1. The van der Waals surface area contributed by atoms with Gasteiger partial charge in [0, 0.05) is 43.2 Å². The van der Waals surface area contributed by atoms with Gasteiger partial charge in [-0.25, -0.2) is 9.97 Å². The summed E-state index contributed by atoms with van der Waals surface area (Å²) in [5, 5.41) is 3.67. The van der Waals surface area contributed by atoms with Gasteiger partial charge in [-0.05, 0) is 88.6 Å². The summed E-state index contributed by atoms with van der Waals surface area (Å²) in [5.41, 5.74) is 5.39. The number of nitrogens with zero attached hydrogens (tertiary/aromatic N) is 4. The predicted molar refractivity (Wildman–Crippen MR) is 140 cm³/mol.